The number of carbonyl (C=O) groups excluding carboxylic acids is 1. The normalized spacial score (nSPS) is 14.6. The Hall–Kier alpha value is -2.86. The largest absolute Gasteiger partial charge is 0.384 e. The minimum absolute atomic E-state index is 0.297. The fraction of sp³-hybridized carbons (Fsp3) is 0.375. The van der Waals surface area contributed by atoms with E-state index in [4.69, 9.17) is 0 Å². The van der Waals surface area contributed by atoms with Crippen molar-refractivity contribution in [3.05, 3.63) is 59.5 Å². The number of rotatable bonds is 8. The molecule has 0 saturated heterocycles. The Bertz CT molecular complexity index is 944. The summed E-state index contributed by atoms with van der Waals surface area (Å²) < 4.78 is 14.2. The molecule has 3 N–H and O–H groups in total. The van der Waals surface area contributed by atoms with E-state index in [-0.39, 0.29) is 5.91 Å². The predicted molar refractivity (Wildman–Crippen MR) is 123 cm³/mol. The molecular weight excluding hydrogens is 379 g/mol. The molecule has 2 aromatic carbocycles. The summed E-state index contributed by atoms with van der Waals surface area (Å²) >= 11 is 0. The van der Waals surface area contributed by atoms with E-state index in [0.29, 0.717) is 28.9 Å². The number of halogens is 1. The molecule has 160 valence electrons. The van der Waals surface area contributed by atoms with Crippen molar-refractivity contribution in [2.75, 3.05) is 29.0 Å². The van der Waals surface area contributed by atoms with Crippen LogP contribution in [-0.2, 0) is 4.79 Å². The number of hydrogen-bond donors (Lipinski definition) is 3. The quantitative estimate of drug-likeness (QED) is 0.532. The Morgan fingerprint density at radius 2 is 1.87 bits per heavy atom. The molecular formula is C24H31FN4O. The molecule has 3 rings (SSSR count). The zero-order valence-electron chi connectivity index (χ0n) is 18.3. The van der Waals surface area contributed by atoms with Gasteiger partial charge in [0.25, 0.3) is 5.91 Å². The second-order valence-electron chi connectivity index (χ2n) is 8.20. The molecule has 0 radical (unpaired) electrons. The van der Waals surface area contributed by atoms with Crippen molar-refractivity contribution in [3.63, 3.8) is 0 Å². The number of amides is 1. The molecule has 0 aromatic heterocycles. The maximum Gasteiger partial charge on any atom is 0.257 e. The van der Waals surface area contributed by atoms with Crippen LogP contribution in [0.3, 0.4) is 0 Å². The van der Waals surface area contributed by atoms with Gasteiger partial charge in [0.1, 0.15) is 5.82 Å². The zero-order valence-corrected chi connectivity index (χ0v) is 18.3. The average Bonchev–Trinajstić information content (AvgIpc) is 3.00. The van der Waals surface area contributed by atoms with E-state index in [0.717, 1.165) is 30.0 Å². The molecule has 1 amide bonds. The molecule has 1 heterocycles. The lowest BCUT2D eigenvalue weighted by Crippen LogP contribution is -2.40. The van der Waals surface area contributed by atoms with Gasteiger partial charge in [-0.05, 0) is 70.5 Å². The van der Waals surface area contributed by atoms with Crippen LogP contribution in [0.5, 0.6) is 0 Å². The third kappa shape index (κ3) is 4.82. The van der Waals surface area contributed by atoms with Crippen LogP contribution in [0.2, 0.25) is 0 Å². The monoisotopic (exact) mass is 410 g/mol. The zero-order chi connectivity index (χ0) is 21.8. The van der Waals surface area contributed by atoms with Gasteiger partial charge in [0.2, 0.25) is 0 Å². The van der Waals surface area contributed by atoms with Crippen molar-refractivity contribution in [3.8, 4) is 0 Å². The molecule has 0 bridgehead atoms. The van der Waals surface area contributed by atoms with E-state index in [1.165, 1.54) is 6.07 Å². The standard InChI is InChI=1S/C24H31FN4O/c1-15(2)29(16(3)4)12-11-26-21-10-9-18(13-17(21)5)27-14-19-23-20(25)7-6-8-22(23)28-24(19)30/h6-10,13-16,26-27H,11-12H2,1-5H3,(H,28,30)/b19-14+. The number of anilines is 3. The number of benzene rings is 2. The van der Waals surface area contributed by atoms with Crippen molar-refractivity contribution >= 4 is 28.5 Å². The van der Waals surface area contributed by atoms with Crippen LogP contribution >= 0.6 is 0 Å². The molecule has 0 fully saturated rings. The van der Waals surface area contributed by atoms with E-state index >= 15 is 0 Å². The highest BCUT2D eigenvalue weighted by Gasteiger charge is 2.27. The van der Waals surface area contributed by atoms with Crippen LogP contribution in [0.15, 0.2) is 42.6 Å². The minimum atomic E-state index is -0.411. The number of fused-ring (bicyclic) bond motifs is 1. The van der Waals surface area contributed by atoms with E-state index in [1.807, 2.05) is 25.1 Å². The average molecular weight is 411 g/mol. The van der Waals surface area contributed by atoms with E-state index < -0.39 is 5.82 Å². The molecule has 0 atom stereocenters. The second-order valence-corrected chi connectivity index (χ2v) is 8.20. The summed E-state index contributed by atoms with van der Waals surface area (Å²) in [5.41, 5.74) is 4.13. The van der Waals surface area contributed by atoms with Crippen LogP contribution in [-0.4, -0.2) is 36.0 Å². The lowest BCUT2D eigenvalue weighted by Gasteiger charge is -2.30. The molecule has 30 heavy (non-hydrogen) atoms. The van der Waals surface area contributed by atoms with Gasteiger partial charge in [-0.15, -0.1) is 0 Å². The number of nitrogens with one attached hydrogen (secondary N) is 3. The Morgan fingerprint density at radius 1 is 1.13 bits per heavy atom. The Labute approximate surface area is 178 Å². The van der Waals surface area contributed by atoms with Gasteiger partial charge in [-0.25, -0.2) is 4.39 Å². The molecule has 1 aliphatic heterocycles. The van der Waals surface area contributed by atoms with Gasteiger partial charge in [0, 0.05) is 48.3 Å². The molecule has 0 spiro atoms. The van der Waals surface area contributed by atoms with Crippen molar-refractivity contribution in [2.24, 2.45) is 0 Å². The Morgan fingerprint density at radius 3 is 2.53 bits per heavy atom. The third-order valence-corrected chi connectivity index (χ3v) is 5.40. The number of hydrogen-bond acceptors (Lipinski definition) is 4. The highest BCUT2D eigenvalue weighted by Crippen LogP contribution is 2.33. The van der Waals surface area contributed by atoms with Crippen LogP contribution in [0.1, 0.15) is 38.8 Å². The highest BCUT2D eigenvalue weighted by atomic mass is 19.1. The summed E-state index contributed by atoms with van der Waals surface area (Å²) in [5.74, 6) is -0.719. The first kappa shape index (κ1) is 21.8. The van der Waals surface area contributed by atoms with Crippen LogP contribution in [0.4, 0.5) is 21.5 Å². The SMILES string of the molecule is Cc1cc(N/C=C2/C(=O)Nc3cccc(F)c32)ccc1NCCN(C(C)C)C(C)C. The molecule has 2 aromatic rings. The maximum atomic E-state index is 14.2. The number of aryl methyl sites for hydroxylation is 1. The summed E-state index contributed by atoms with van der Waals surface area (Å²) in [6.45, 7) is 12.8. The molecule has 0 aliphatic carbocycles. The van der Waals surface area contributed by atoms with Crippen LogP contribution in [0, 0.1) is 12.7 Å². The lowest BCUT2D eigenvalue weighted by atomic mass is 10.1. The Balaban J connectivity index is 1.65. The minimum Gasteiger partial charge on any atom is -0.384 e. The molecule has 0 saturated carbocycles. The summed E-state index contributed by atoms with van der Waals surface area (Å²) in [4.78, 5) is 14.6. The van der Waals surface area contributed by atoms with Gasteiger partial charge in [0.15, 0.2) is 0 Å². The summed E-state index contributed by atoms with van der Waals surface area (Å²) in [5, 5.41) is 9.33. The summed E-state index contributed by atoms with van der Waals surface area (Å²) in [7, 11) is 0. The van der Waals surface area contributed by atoms with Crippen molar-refractivity contribution in [1.82, 2.24) is 4.90 Å². The fourth-order valence-electron chi connectivity index (χ4n) is 3.88. The molecule has 6 heteroatoms. The van der Waals surface area contributed by atoms with Gasteiger partial charge in [-0.1, -0.05) is 6.07 Å². The highest BCUT2D eigenvalue weighted by molar-refractivity contribution is 6.31. The smallest absolute Gasteiger partial charge is 0.257 e. The van der Waals surface area contributed by atoms with E-state index in [2.05, 4.69) is 48.5 Å². The first-order valence-corrected chi connectivity index (χ1v) is 10.4. The van der Waals surface area contributed by atoms with E-state index in [1.54, 1.807) is 18.3 Å². The first-order valence-electron chi connectivity index (χ1n) is 10.4. The number of carbonyl (C=O) groups is 1. The topological polar surface area (TPSA) is 56.4 Å². The second kappa shape index (κ2) is 9.30. The third-order valence-electron chi connectivity index (χ3n) is 5.40. The van der Waals surface area contributed by atoms with Gasteiger partial charge in [0.05, 0.1) is 11.3 Å². The van der Waals surface area contributed by atoms with Crippen LogP contribution < -0.4 is 16.0 Å². The van der Waals surface area contributed by atoms with Gasteiger partial charge >= 0.3 is 0 Å². The fourth-order valence-corrected chi connectivity index (χ4v) is 3.88. The molecule has 0 unspecified atom stereocenters. The predicted octanol–water partition coefficient (Wildman–Crippen LogP) is 5.07. The van der Waals surface area contributed by atoms with Crippen molar-refractivity contribution in [2.45, 2.75) is 46.7 Å². The number of nitrogens with zero attached hydrogens (tertiary/aromatic N) is 1. The molecule has 5 nitrogen and oxygen atoms in total. The van der Waals surface area contributed by atoms with Gasteiger partial charge < -0.3 is 16.0 Å². The first-order chi connectivity index (χ1) is 14.3. The van der Waals surface area contributed by atoms with Crippen LogP contribution in [0.25, 0.3) is 5.57 Å². The van der Waals surface area contributed by atoms with Gasteiger partial charge in [-0.2, -0.15) is 0 Å². The lowest BCUT2D eigenvalue weighted by molar-refractivity contribution is -0.110. The Kier molecular flexibility index (Phi) is 6.77. The van der Waals surface area contributed by atoms with E-state index in [9.17, 15) is 9.18 Å². The van der Waals surface area contributed by atoms with Crippen molar-refractivity contribution in [1.29, 1.82) is 0 Å². The maximum absolute atomic E-state index is 14.2. The summed E-state index contributed by atoms with van der Waals surface area (Å²) in [6, 6.07) is 11.6. The molecule has 1 aliphatic rings. The van der Waals surface area contributed by atoms with Gasteiger partial charge in [-0.3, -0.25) is 9.69 Å². The van der Waals surface area contributed by atoms with Crippen molar-refractivity contribution < 1.29 is 9.18 Å². The summed E-state index contributed by atoms with van der Waals surface area (Å²) in [6.07, 6.45) is 1.56.